The SMILES string of the molecule is CC(N)c1ccc(C(=O)Nc2ccncc2)cc1[N+](=O)[O-]. The first-order valence-corrected chi connectivity index (χ1v) is 6.24. The van der Waals surface area contributed by atoms with Crippen molar-refractivity contribution < 1.29 is 9.72 Å². The average Bonchev–Trinajstić information content (AvgIpc) is 2.47. The van der Waals surface area contributed by atoms with Crippen molar-refractivity contribution in [1.29, 1.82) is 0 Å². The van der Waals surface area contributed by atoms with Crippen LogP contribution in [0.25, 0.3) is 0 Å². The minimum atomic E-state index is -0.540. The van der Waals surface area contributed by atoms with Gasteiger partial charge in [0.15, 0.2) is 0 Å². The van der Waals surface area contributed by atoms with Crippen molar-refractivity contribution in [2.24, 2.45) is 5.73 Å². The minimum absolute atomic E-state index is 0.160. The molecule has 0 saturated heterocycles. The number of carbonyl (C=O) groups excluding carboxylic acids is 1. The number of benzene rings is 1. The molecule has 108 valence electrons. The van der Waals surface area contributed by atoms with Gasteiger partial charge in [-0.15, -0.1) is 0 Å². The summed E-state index contributed by atoms with van der Waals surface area (Å²) in [7, 11) is 0. The summed E-state index contributed by atoms with van der Waals surface area (Å²) >= 11 is 0. The zero-order valence-electron chi connectivity index (χ0n) is 11.3. The molecule has 1 heterocycles. The van der Waals surface area contributed by atoms with Crippen LogP contribution in [0.3, 0.4) is 0 Å². The number of nitro groups is 1. The summed E-state index contributed by atoms with van der Waals surface area (Å²) in [5.74, 6) is -0.430. The summed E-state index contributed by atoms with van der Waals surface area (Å²) in [6.45, 7) is 1.65. The zero-order valence-corrected chi connectivity index (χ0v) is 11.3. The van der Waals surface area contributed by atoms with Gasteiger partial charge in [0.2, 0.25) is 0 Å². The van der Waals surface area contributed by atoms with Crippen molar-refractivity contribution >= 4 is 17.3 Å². The van der Waals surface area contributed by atoms with E-state index in [4.69, 9.17) is 5.73 Å². The number of aromatic nitrogens is 1. The van der Waals surface area contributed by atoms with E-state index >= 15 is 0 Å². The van der Waals surface area contributed by atoms with Crippen LogP contribution in [0.4, 0.5) is 11.4 Å². The van der Waals surface area contributed by atoms with Crippen LogP contribution in [0.5, 0.6) is 0 Å². The van der Waals surface area contributed by atoms with E-state index in [9.17, 15) is 14.9 Å². The molecule has 7 nitrogen and oxygen atoms in total. The Hall–Kier alpha value is -2.80. The van der Waals surface area contributed by atoms with Gasteiger partial charge >= 0.3 is 0 Å². The molecule has 2 aromatic rings. The lowest BCUT2D eigenvalue weighted by molar-refractivity contribution is -0.385. The van der Waals surface area contributed by atoms with Gasteiger partial charge in [0.05, 0.1) is 4.92 Å². The normalized spacial score (nSPS) is 11.7. The number of hydrogen-bond acceptors (Lipinski definition) is 5. The summed E-state index contributed by atoms with van der Waals surface area (Å²) in [5.41, 5.74) is 6.68. The van der Waals surface area contributed by atoms with Crippen LogP contribution in [0, 0.1) is 10.1 Å². The summed E-state index contributed by atoms with van der Waals surface area (Å²) in [6.07, 6.45) is 3.08. The van der Waals surface area contributed by atoms with Gasteiger partial charge in [-0.05, 0) is 31.2 Å². The summed E-state index contributed by atoms with van der Waals surface area (Å²) in [4.78, 5) is 26.5. The van der Waals surface area contributed by atoms with E-state index in [0.29, 0.717) is 11.3 Å². The monoisotopic (exact) mass is 286 g/mol. The van der Waals surface area contributed by atoms with Gasteiger partial charge in [0.25, 0.3) is 11.6 Å². The van der Waals surface area contributed by atoms with E-state index < -0.39 is 16.9 Å². The standard InChI is InChI=1S/C14H14N4O3/c1-9(15)12-3-2-10(8-13(12)18(20)21)14(19)17-11-4-6-16-7-5-11/h2-9H,15H2,1H3,(H,16,17,19). The lowest BCUT2D eigenvalue weighted by Gasteiger charge is -2.09. The first-order chi connectivity index (χ1) is 9.99. The van der Waals surface area contributed by atoms with Crippen molar-refractivity contribution in [1.82, 2.24) is 4.98 Å². The van der Waals surface area contributed by atoms with Gasteiger partial charge in [-0.1, -0.05) is 0 Å². The fourth-order valence-corrected chi connectivity index (χ4v) is 1.87. The van der Waals surface area contributed by atoms with Crippen LogP contribution < -0.4 is 11.1 Å². The Labute approximate surface area is 121 Å². The van der Waals surface area contributed by atoms with Crippen LogP contribution in [-0.2, 0) is 0 Å². The maximum atomic E-state index is 12.1. The number of amides is 1. The third kappa shape index (κ3) is 3.40. The lowest BCUT2D eigenvalue weighted by atomic mass is 10.0. The molecule has 0 aliphatic carbocycles. The highest BCUT2D eigenvalue weighted by atomic mass is 16.6. The van der Waals surface area contributed by atoms with Crippen molar-refractivity contribution in [3.05, 3.63) is 64.0 Å². The Kier molecular flexibility index (Phi) is 4.24. The second-order valence-corrected chi connectivity index (χ2v) is 4.51. The molecule has 0 fully saturated rings. The molecule has 0 spiro atoms. The molecule has 1 aromatic carbocycles. The molecule has 3 N–H and O–H groups in total. The quantitative estimate of drug-likeness (QED) is 0.661. The van der Waals surface area contributed by atoms with Gasteiger partial charge in [0, 0.05) is 41.3 Å². The first kappa shape index (κ1) is 14.6. The Morgan fingerprint density at radius 2 is 2.00 bits per heavy atom. The number of pyridine rings is 1. The molecule has 0 aliphatic heterocycles. The molecule has 0 radical (unpaired) electrons. The van der Waals surface area contributed by atoms with Crippen molar-refractivity contribution in [2.45, 2.75) is 13.0 Å². The van der Waals surface area contributed by atoms with Gasteiger partial charge in [-0.2, -0.15) is 0 Å². The van der Waals surface area contributed by atoms with Crippen LogP contribution in [0.15, 0.2) is 42.7 Å². The predicted octanol–water partition coefficient (Wildman–Crippen LogP) is 2.26. The number of nitro benzene ring substituents is 1. The lowest BCUT2D eigenvalue weighted by Crippen LogP contribution is -2.14. The largest absolute Gasteiger partial charge is 0.324 e. The summed E-state index contributed by atoms with van der Waals surface area (Å²) < 4.78 is 0. The topological polar surface area (TPSA) is 111 Å². The molecule has 0 aliphatic rings. The molecule has 21 heavy (non-hydrogen) atoms. The first-order valence-electron chi connectivity index (χ1n) is 6.24. The van der Waals surface area contributed by atoms with Crippen molar-refractivity contribution in [3.8, 4) is 0 Å². The Morgan fingerprint density at radius 1 is 1.33 bits per heavy atom. The number of anilines is 1. The molecule has 1 aromatic heterocycles. The highest BCUT2D eigenvalue weighted by molar-refractivity contribution is 6.04. The molecule has 1 unspecified atom stereocenters. The number of rotatable bonds is 4. The van der Waals surface area contributed by atoms with E-state index in [1.807, 2.05) is 0 Å². The Bertz CT molecular complexity index is 671. The third-order valence-electron chi connectivity index (χ3n) is 2.92. The van der Waals surface area contributed by atoms with E-state index in [1.54, 1.807) is 19.1 Å². The molecule has 2 rings (SSSR count). The van der Waals surface area contributed by atoms with E-state index in [1.165, 1.54) is 30.6 Å². The van der Waals surface area contributed by atoms with Crippen LogP contribution in [0.2, 0.25) is 0 Å². The Morgan fingerprint density at radius 3 is 2.57 bits per heavy atom. The van der Waals surface area contributed by atoms with Gasteiger partial charge in [0.1, 0.15) is 0 Å². The fourth-order valence-electron chi connectivity index (χ4n) is 1.87. The number of nitrogens with zero attached hydrogens (tertiary/aromatic N) is 2. The highest BCUT2D eigenvalue weighted by Crippen LogP contribution is 2.25. The molecule has 0 bridgehead atoms. The molecule has 1 amide bonds. The van der Waals surface area contributed by atoms with Crippen molar-refractivity contribution in [2.75, 3.05) is 5.32 Å². The van der Waals surface area contributed by atoms with Crippen LogP contribution >= 0.6 is 0 Å². The fraction of sp³-hybridized carbons (Fsp3) is 0.143. The molecule has 0 saturated carbocycles. The zero-order chi connectivity index (χ0) is 15.4. The summed E-state index contributed by atoms with van der Waals surface area (Å²) in [5, 5.41) is 13.7. The molecular weight excluding hydrogens is 272 g/mol. The third-order valence-corrected chi connectivity index (χ3v) is 2.92. The highest BCUT2D eigenvalue weighted by Gasteiger charge is 2.19. The van der Waals surface area contributed by atoms with Crippen LogP contribution in [-0.4, -0.2) is 15.8 Å². The maximum absolute atomic E-state index is 12.1. The maximum Gasteiger partial charge on any atom is 0.274 e. The number of carbonyl (C=O) groups is 1. The molecule has 7 heteroatoms. The van der Waals surface area contributed by atoms with Gasteiger partial charge < -0.3 is 11.1 Å². The smallest absolute Gasteiger partial charge is 0.274 e. The van der Waals surface area contributed by atoms with Gasteiger partial charge in [-0.3, -0.25) is 19.9 Å². The second kappa shape index (κ2) is 6.10. The van der Waals surface area contributed by atoms with E-state index in [-0.39, 0.29) is 11.3 Å². The predicted molar refractivity (Wildman–Crippen MR) is 77.9 cm³/mol. The molecular formula is C14H14N4O3. The molecule has 1 atom stereocenters. The van der Waals surface area contributed by atoms with Gasteiger partial charge in [-0.25, -0.2) is 0 Å². The number of nitrogens with two attached hydrogens (primary N) is 1. The summed E-state index contributed by atoms with van der Waals surface area (Å²) in [6, 6.07) is 7.02. The van der Waals surface area contributed by atoms with Crippen LogP contribution in [0.1, 0.15) is 28.9 Å². The number of nitrogens with one attached hydrogen (secondary N) is 1. The second-order valence-electron chi connectivity index (χ2n) is 4.51. The average molecular weight is 286 g/mol. The van der Waals surface area contributed by atoms with E-state index in [0.717, 1.165) is 0 Å². The van der Waals surface area contributed by atoms with Crippen molar-refractivity contribution in [3.63, 3.8) is 0 Å². The minimum Gasteiger partial charge on any atom is -0.324 e. The van der Waals surface area contributed by atoms with E-state index in [2.05, 4.69) is 10.3 Å². The Balaban J connectivity index is 2.30. The number of hydrogen-bond donors (Lipinski definition) is 2.